The van der Waals surface area contributed by atoms with E-state index in [4.69, 9.17) is 11.6 Å². The molecular formula is C13H17Cl2FN2O. The van der Waals surface area contributed by atoms with Crippen molar-refractivity contribution >= 4 is 29.9 Å². The van der Waals surface area contributed by atoms with Gasteiger partial charge in [-0.15, -0.1) is 12.4 Å². The van der Waals surface area contributed by atoms with E-state index in [1.54, 1.807) is 11.0 Å². The van der Waals surface area contributed by atoms with Gasteiger partial charge in [-0.2, -0.15) is 0 Å². The van der Waals surface area contributed by atoms with Crippen LogP contribution in [0.15, 0.2) is 18.2 Å². The second-order valence-electron chi connectivity index (χ2n) is 4.78. The van der Waals surface area contributed by atoms with E-state index < -0.39 is 5.82 Å². The second-order valence-corrected chi connectivity index (χ2v) is 5.19. The van der Waals surface area contributed by atoms with Crippen LogP contribution in [0, 0.1) is 5.82 Å². The van der Waals surface area contributed by atoms with Crippen molar-refractivity contribution in [2.45, 2.75) is 25.9 Å². The predicted octanol–water partition coefficient (Wildman–Crippen LogP) is 2.72. The zero-order valence-corrected chi connectivity index (χ0v) is 12.4. The molecule has 3 nitrogen and oxygen atoms in total. The maximum atomic E-state index is 13.8. The first-order valence-electron chi connectivity index (χ1n) is 5.98. The van der Waals surface area contributed by atoms with Gasteiger partial charge in [-0.25, -0.2) is 4.39 Å². The summed E-state index contributed by atoms with van der Waals surface area (Å²) in [4.78, 5) is 13.9. The number of hydrogen-bond acceptors (Lipinski definition) is 2. The SMILES string of the molecule is CC1CN(C(=O)c2cccc(Cl)c2F)CC(C)N1.Cl. The summed E-state index contributed by atoms with van der Waals surface area (Å²) in [5.41, 5.74) is 0.0452. The molecule has 19 heavy (non-hydrogen) atoms. The third kappa shape index (κ3) is 3.59. The first-order valence-corrected chi connectivity index (χ1v) is 6.36. The van der Waals surface area contributed by atoms with Gasteiger partial charge in [0.15, 0.2) is 5.82 Å². The number of hydrogen-bond donors (Lipinski definition) is 1. The van der Waals surface area contributed by atoms with Gasteiger partial charge in [0, 0.05) is 25.2 Å². The zero-order chi connectivity index (χ0) is 13.3. The molecule has 0 saturated carbocycles. The van der Waals surface area contributed by atoms with Crippen molar-refractivity contribution < 1.29 is 9.18 Å². The molecule has 1 saturated heterocycles. The Kier molecular flexibility index (Phi) is 5.59. The number of carbonyl (C=O) groups excluding carboxylic acids is 1. The zero-order valence-electron chi connectivity index (χ0n) is 10.8. The van der Waals surface area contributed by atoms with Gasteiger partial charge in [-0.3, -0.25) is 4.79 Å². The number of rotatable bonds is 1. The molecule has 0 radical (unpaired) electrons. The molecule has 0 spiro atoms. The Bertz CT molecular complexity index is 460. The van der Waals surface area contributed by atoms with Crippen LogP contribution in [0.4, 0.5) is 4.39 Å². The van der Waals surface area contributed by atoms with Crippen LogP contribution in [-0.4, -0.2) is 36.0 Å². The number of halogens is 3. The molecule has 1 heterocycles. The van der Waals surface area contributed by atoms with Crippen LogP contribution in [0.25, 0.3) is 0 Å². The summed E-state index contributed by atoms with van der Waals surface area (Å²) >= 11 is 5.70. The van der Waals surface area contributed by atoms with E-state index in [-0.39, 0.29) is 41.0 Å². The lowest BCUT2D eigenvalue weighted by Gasteiger charge is -2.36. The number of amides is 1. The minimum absolute atomic E-state index is 0. The Balaban J connectivity index is 0.00000180. The van der Waals surface area contributed by atoms with E-state index in [9.17, 15) is 9.18 Å². The van der Waals surface area contributed by atoms with Crippen molar-refractivity contribution in [2.24, 2.45) is 0 Å². The number of nitrogens with one attached hydrogen (secondary N) is 1. The molecule has 1 N–H and O–H groups in total. The average Bonchev–Trinajstić information content (AvgIpc) is 2.30. The molecule has 0 bridgehead atoms. The van der Waals surface area contributed by atoms with Crippen molar-refractivity contribution in [1.82, 2.24) is 10.2 Å². The monoisotopic (exact) mass is 306 g/mol. The highest BCUT2D eigenvalue weighted by atomic mass is 35.5. The van der Waals surface area contributed by atoms with Crippen molar-refractivity contribution in [1.29, 1.82) is 0 Å². The topological polar surface area (TPSA) is 32.3 Å². The lowest BCUT2D eigenvalue weighted by molar-refractivity contribution is 0.0669. The highest BCUT2D eigenvalue weighted by Gasteiger charge is 2.27. The largest absolute Gasteiger partial charge is 0.335 e. The van der Waals surface area contributed by atoms with Crippen molar-refractivity contribution in [3.05, 3.63) is 34.6 Å². The Morgan fingerprint density at radius 2 is 1.95 bits per heavy atom. The summed E-state index contributed by atoms with van der Waals surface area (Å²) in [7, 11) is 0. The van der Waals surface area contributed by atoms with Crippen LogP contribution in [-0.2, 0) is 0 Å². The normalized spacial score (nSPS) is 22.8. The minimum atomic E-state index is -0.636. The van der Waals surface area contributed by atoms with Gasteiger partial charge in [0.25, 0.3) is 5.91 Å². The molecule has 2 unspecified atom stereocenters. The van der Waals surface area contributed by atoms with Gasteiger partial charge >= 0.3 is 0 Å². The van der Waals surface area contributed by atoms with E-state index in [2.05, 4.69) is 5.32 Å². The maximum absolute atomic E-state index is 13.8. The van der Waals surface area contributed by atoms with Crippen LogP contribution >= 0.6 is 24.0 Å². The Hall–Kier alpha value is -0.840. The van der Waals surface area contributed by atoms with Gasteiger partial charge in [0.1, 0.15) is 0 Å². The molecule has 1 amide bonds. The summed E-state index contributed by atoms with van der Waals surface area (Å²) in [6.45, 7) is 5.17. The smallest absolute Gasteiger partial charge is 0.256 e. The second kappa shape index (κ2) is 6.55. The van der Waals surface area contributed by atoms with E-state index in [0.717, 1.165) is 0 Å². The molecule has 2 atom stereocenters. The van der Waals surface area contributed by atoms with E-state index in [0.29, 0.717) is 13.1 Å². The van der Waals surface area contributed by atoms with Gasteiger partial charge in [-0.1, -0.05) is 17.7 Å². The van der Waals surface area contributed by atoms with Gasteiger partial charge in [-0.05, 0) is 26.0 Å². The van der Waals surface area contributed by atoms with Crippen molar-refractivity contribution in [2.75, 3.05) is 13.1 Å². The van der Waals surface area contributed by atoms with E-state index >= 15 is 0 Å². The average molecular weight is 307 g/mol. The fraction of sp³-hybridized carbons (Fsp3) is 0.462. The third-order valence-electron chi connectivity index (χ3n) is 3.03. The van der Waals surface area contributed by atoms with E-state index in [1.165, 1.54) is 12.1 Å². The minimum Gasteiger partial charge on any atom is -0.335 e. The fourth-order valence-corrected chi connectivity index (χ4v) is 2.51. The molecular weight excluding hydrogens is 290 g/mol. The summed E-state index contributed by atoms with van der Waals surface area (Å²) in [6, 6.07) is 4.92. The van der Waals surface area contributed by atoms with Crippen molar-refractivity contribution in [3.63, 3.8) is 0 Å². The third-order valence-corrected chi connectivity index (χ3v) is 3.32. The predicted molar refractivity (Wildman–Crippen MR) is 76.6 cm³/mol. The molecule has 0 aromatic heterocycles. The van der Waals surface area contributed by atoms with Crippen LogP contribution in [0.5, 0.6) is 0 Å². The molecule has 6 heteroatoms. The number of nitrogens with zero attached hydrogens (tertiary/aromatic N) is 1. The molecule has 1 aliphatic rings. The molecule has 1 aromatic rings. The van der Waals surface area contributed by atoms with Crippen LogP contribution < -0.4 is 5.32 Å². The Morgan fingerprint density at radius 3 is 2.53 bits per heavy atom. The first-order chi connectivity index (χ1) is 8.49. The fourth-order valence-electron chi connectivity index (χ4n) is 2.33. The quantitative estimate of drug-likeness (QED) is 0.865. The van der Waals surface area contributed by atoms with E-state index in [1.807, 2.05) is 13.8 Å². The summed E-state index contributed by atoms with van der Waals surface area (Å²) in [5.74, 6) is -0.932. The molecule has 0 aliphatic carbocycles. The highest BCUT2D eigenvalue weighted by molar-refractivity contribution is 6.31. The molecule has 106 valence electrons. The molecule has 2 rings (SSSR count). The van der Waals surface area contributed by atoms with Gasteiger partial charge in [0.2, 0.25) is 0 Å². The molecule has 1 aromatic carbocycles. The summed E-state index contributed by atoms with van der Waals surface area (Å²) in [6.07, 6.45) is 0. The van der Waals surface area contributed by atoms with Crippen LogP contribution in [0.2, 0.25) is 5.02 Å². The van der Waals surface area contributed by atoms with Crippen LogP contribution in [0.3, 0.4) is 0 Å². The highest BCUT2D eigenvalue weighted by Crippen LogP contribution is 2.20. The van der Waals surface area contributed by atoms with Gasteiger partial charge in [0.05, 0.1) is 10.6 Å². The number of benzene rings is 1. The van der Waals surface area contributed by atoms with Crippen LogP contribution in [0.1, 0.15) is 24.2 Å². The molecule has 1 fully saturated rings. The molecule has 1 aliphatic heterocycles. The Labute approximate surface area is 123 Å². The maximum Gasteiger partial charge on any atom is 0.256 e. The lowest BCUT2D eigenvalue weighted by Crippen LogP contribution is -2.55. The lowest BCUT2D eigenvalue weighted by atomic mass is 10.1. The number of piperazine rings is 1. The standard InChI is InChI=1S/C13H16ClFN2O.ClH/c1-8-6-17(7-9(2)16-8)13(18)10-4-3-5-11(14)12(10)15;/h3-5,8-9,16H,6-7H2,1-2H3;1H. The van der Waals surface area contributed by atoms with Gasteiger partial charge < -0.3 is 10.2 Å². The Morgan fingerprint density at radius 1 is 1.37 bits per heavy atom. The summed E-state index contributed by atoms with van der Waals surface area (Å²) < 4.78 is 13.8. The number of carbonyl (C=O) groups is 1. The van der Waals surface area contributed by atoms with Crippen molar-refractivity contribution in [3.8, 4) is 0 Å². The first kappa shape index (κ1) is 16.2. The summed E-state index contributed by atoms with van der Waals surface area (Å²) in [5, 5.41) is 3.31.